The first-order valence-electron chi connectivity index (χ1n) is 13.1. The van der Waals surface area contributed by atoms with Crippen LogP contribution < -0.4 is 5.56 Å². The fourth-order valence-electron chi connectivity index (χ4n) is 4.72. The summed E-state index contributed by atoms with van der Waals surface area (Å²) in [6.45, 7) is 3.72. The molecule has 8 nitrogen and oxygen atoms in total. The first-order valence-corrected chi connectivity index (χ1v) is 14.5. The Bertz CT molecular complexity index is 1640. The van der Waals surface area contributed by atoms with Crippen molar-refractivity contribution in [2.45, 2.75) is 55.4 Å². The number of unbranched alkanes of at least 4 members (excludes halogenated alkanes) is 2. The smallest absolute Gasteiger partial charge is 0.277 e. The normalized spacial score (nSPS) is 12.4. The minimum atomic E-state index is -4.49. The van der Waals surface area contributed by atoms with Gasteiger partial charge in [0.2, 0.25) is 21.7 Å². The average molecular weight is 566 g/mol. The second-order valence-corrected chi connectivity index (χ2v) is 11.4. The second-order valence-electron chi connectivity index (χ2n) is 9.50. The van der Waals surface area contributed by atoms with Crippen molar-refractivity contribution in [1.29, 1.82) is 0 Å². The summed E-state index contributed by atoms with van der Waals surface area (Å²) in [7, 11) is -2.98. The van der Waals surface area contributed by atoms with Crippen molar-refractivity contribution in [3.05, 3.63) is 100 Å². The number of aryl methyl sites for hydroxylation is 1. The van der Waals surface area contributed by atoms with E-state index in [1.165, 1.54) is 42.1 Å². The molecule has 0 bridgehead atoms. The first kappa shape index (κ1) is 29.1. The predicted octanol–water partition coefficient (Wildman–Crippen LogP) is 5.26. The second kappa shape index (κ2) is 12.5. The molecule has 0 amide bonds. The van der Waals surface area contributed by atoms with Crippen LogP contribution in [0.5, 0.6) is 5.88 Å². The lowest BCUT2D eigenvalue weighted by Crippen LogP contribution is -2.35. The molecule has 0 aliphatic heterocycles. The molecule has 210 valence electrons. The molecule has 0 saturated heterocycles. The van der Waals surface area contributed by atoms with Crippen molar-refractivity contribution >= 4 is 9.84 Å². The number of benzene rings is 2. The molecule has 1 N–H and O–H groups in total. The van der Waals surface area contributed by atoms with Gasteiger partial charge in [0.05, 0.1) is 17.5 Å². The Hall–Kier alpha value is -3.89. The van der Waals surface area contributed by atoms with Crippen LogP contribution in [-0.2, 0) is 21.0 Å². The van der Waals surface area contributed by atoms with Gasteiger partial charge in [0.15, 0.2) is 4.90 Å². The number of halogens is 1. The van der Waals surface area contributed by atoms with Gasteiger partial charge in [-0.1, -0.05) is 62.2 Å². The molecule has 2 aromatic heterocycles. The van der Waals surface area contributed by atoms with E-state index >= 15 is 0 Å². The van der Waals surface area contributed by atoms with E-state index in [1.807, 2.05) is 37.3 Å². The number of aromatic hydroxyl groups is 1. The molecule has 4 rings (SSSR count). The van der Waals surface area contributed by atoms with Crippen molar-refractivity contribution in [3.63, 3.8) is 0 Å². The molecule has 4 aromatic rings. The molecular formula is C30H32FN3O5S. The molecule has 1 atom stereocenters. The van der Waals surface area contributed by atoms with E-state index in [4.69, 9.17) is 4.74 Å². The Labute approximate surface area is 233 Å². The van der Waals surface area contributed by atoms with E-state index in [0.29, 0.717) is 29.5 Å². The largest absolute Gasteiger partial charge is 0.492 e. The fourth-order valence-corrected chi connectivity index (χ4v) is 6.07. The van der Waals surface area contributed by atoms with Crippen LogP contribution in [-0.4, -0.2) is 41.8 Å². The van der Waals surface area contributed by atoms with Gasteiger partial charge in [-0.2, -0.15) is 9.37 Å². The lowest BCUT2D eigenvalue weighted by atomic mass is 10.0. The van der Waals surface area contributed by atoms with Crippen molar-refractivity contribution in [1.82, 2.24) is 14.5 Å². The third-order valence-corrected chi connectivity index (χ3v) is 8.63. The number of aromatic nitrogens is 3. The minimum absolute atomic E-state index is 0.0905. The topological polar surface area (TPSA) is 111 Å². The summed E-state index contributed by atoms with van der Waals surface area (Å²) in [5, 5.41) is 10.8. The van der Waals surface area contributed by atoms with Crippen molar-refractivity contribution in [2.75, 3.05) is 13.7 Å². The summed E-state index contributed by atoms with van der Waals surface area (Å²) in [6.07, 6.45) is 4.23. The highest BCUT2D eigenvalue weighted by Crippen LogP contribution is 2.30. The molecule has 10 heteroatoms. The van der Waals surface area contributed by atoms with Gasteiger partial charge in [-0.05, 0) is 48.2 Å². The van der Waals surface area contributed by atoms with Gasteiger partial charge in [0, 0.05) is 25.3 Å². The Kier molecular flexibility index (Phi) is 9.11. The molecule has 0 fully saturated rings. The number of methoxy groups -OCH3 is 1. The van der Waals surface area contributed by atoms with E-state index in [9.17, 15) is 22.7 Å². The van der Waals surface area contributed by atoms with Gasteiger partial charge in [-0.15, -0.1) is 0 Å². The van der Waals surface area contributed by atoms with Crippen molar-refractivity contribution in [3.8, 4) is 17.0 Å². The Balaban J connectivity index is 1.86. The number of nitrogens with zero attached hydrogens (tertiary/aromatic N) is 3. The standard InChI is InChI=1S/C30H32FN3O5S/c1-4-5-7-12-26-33-29(35)27(30(36)34(26)25(19-39-3)22-10-8-6-9-11-22)40(37,38)23-15-13-21(14-16-23)24-17-18-32-28(31)20(24)2/h6,8-11,13-18,25,35H,4-5,7,12,19H2,1-3H3. The summed E-state index contributed by atoms with van der Waals surface area (Å²) < 4.78 is 48.3. The number of hydrogen-bond acceptors (Lipinski definition) is 7. The van der Waals surface area contributed by atoms with Crippen LogP contribution in [0.15, 0.2) is 81.4 Å². The van der Waals surface area contributed by atoms with E-state index < -0.39 is 38.2 Å². The highest BCUT2D eigenvalue weighted by molar-refractivity contribution is 7.91. The quantitative estimate of drug-likeness (QED) is 0.195. The third kappa shape index (κ3) is 5.83. The Morgan fingerprint density at radius 3 is 2.40 bits per heavy atom. The van der Waals surface area contributed by atoms with Crippen LogP contribution in [0.2, 0.25) is 0 Å². The van der Waals surface area contributed by atoms with Gasteiger partial charge >= 0.3 is 0 Å². The van der Waals surface area contributed by atoms with E-state index in [2.05, 4.69) is 9.97 Å². The molecule has 1 unspecified atom stereocenters. The Morgan fingerprint density at radius 2 is 1.75 bits per heavy atom. The van der Waals surface area contributed by atoms with Gasteiger partial charge < -0.3 is 9.84 Å². The van der Waals surface area contributed by atoms with Crippen LogP contribution in [0, 0.1) is 12.9 Å². The number of pyridine rings is 1. The van der Waals surface area contributed by atoms with Crippen LogP contribution in [0.3, 0.4) is 0 Å². The molecule has 0 radical (unpaired) electrons. The zero-order valence-corrected chi connectivity index (χ0v) is 23.5. The molecule has 2 heterocycles. The maximum absolute atomic E-state index is 14.0. The third-order valence-electron chi connectivity index (χ3n) is 6.84. The van der Waals surface area contributed by atoms with Gasteiger partial charge in [0.25, 0.3) is 5.56 Å². The molecule has 0 aliphatic carbocycles. The Morgan fingerprint density at radius 1 is 1.05 bits per heavy atom. The molecule has 0 aliphatic rings. The van der Waals surface area contributed by atoms with Crippen LogP contribution in [0.25, 0.3) is 11.1 Å². The number of rotatable bonds is 11. The summed E-state index contributed by atoms with van der Waals surface area (Å²) in [5.74, 6) is -1.17. The van der Waals surface area contributed by atoms with Gasteiger partial charge in [0.1, 0.15) is 5.82 Å². The van der Waals surface area contributed by atoms with Crippen molar-refractivity contribution in [2.24, 2.45) is 0 Å². The average Bonchev–Trinajstić information content (AvgIpc) is 2.94. The molecule has 2 aromatic carbocycles. The predicted molar refractivity (Wildman–Crippen MR) is 150 cm³/mol. The van der Waals surface area contributed by atoms with Crippen LogP contribution in [0.4, 0.5) is 4.39 Å². The van der Waals surface area contributed by atoms with Gasteiger partial charge in [-0.25, -0.2) is 13.4 Å². The number of sulfone groups is 1. The molecule has 0 saturated carbocycles. The van der Waals surface area contributed by atoms with E-state index in [0.717, 1.165) is 18.4 Å². The summed E-state index contributed by atoms with van der Waals surface area (Å²) in [6, 6.07) is 15.8. The number of hydrogen-bond donors (Lipinski definition) is 1. The highest BCUT2D eigenvalue weighted by atomic mass is 32.2. The first-order chi connectivity index (χ1) is 19.2. The molecule has 40 heavy (non-hydrogen) atoms. The highest BCUT2D eigenvalue weighted by Gasteiger charge is 2.32. The summed E-state index contributed by atoms with van der Waals surface area (Å²) in [5.41, 5.74) is 1.33. The maximum atomic E-state index is 14.0. The zero-order valence-electron chi connectivity index (χ0n) is 22.7. The number of ether oxygens (including phenoxy) is 1. The van der Waals surface area contributed by atoms with E-state index in [1.54, 1.807) is 13.0 Å². The summed E-state index contributed by atoms with van der Waals surface area (Å²) >= 11 is 0. The van der Waals surface area contributed by atoms with Crippen LogP contribution >= 0.6 is 0 Å². The van der Waals surface area contributed by atoms with Crippen LogP contribution in [0.1, 0.15) is 49.2 Å². The zero-order chi connectivity index (χ0) is 28.9. The molecule has 0 spiro atoms. The van der Waals surface area contributed by atoms with Crippen molar-refractivity contribution < 1.29 is 22.7 Å². The molecular weight excluding hydrogens is 533 g/mol. The maximum Gasteiger partial charge on any atom is 0.277 e. The van der Waals surface area contributed by atoms with E-state index in [-0.39, 0.29) is 17.3 Å². The SMILES string of the molecule is CCCCCc1nc(O)c(S(=O)(=O)c2ccc(-c3ccnc(F)c3C)cc2)c(=O)n1C(COC)c1ccccc1. The lowest BCUT2D eigenvalue weighted by Gasteiger charge is -2.24. The minimum Gasteiger partial charge on any atom is -0.492 e. The van der Waals surface area contributed by atoms with Gasteiger partial charge in [-0.3, -0.25) is 9.36 Å². The lowest BCUT2D eigenvalue weighted by molar-refractivity contribution is 0.165. The fraction of sp³-hybridized carbons (Fsp3) is 0.300. The summed E-state index contributed by atoms with van der Waals surface area (Å²) in [4.78, 5) is 20.9. The monoisotopic (exact) mass is 565 g/mol.